The van der Waals surface area contributed by atoms with Gasteiger partial charge < -0.3 is 14.6 Å². The minimum Gasteiger partial charge on any atom is -0.481 e. The highest BCUT2D eigenvalue weighted by Crippen LogP contribution is 2.34. The van der Waals surface area contributed by atoms with Gasteiger partial charge >= 0.3 is 0 Å². The number of aromatic nitrogens is 4. The van der Waals surface area contributed by atoms with Gasteiger partial charge in [-0.1, -0.05) is 30.0 Å². The van der Waals surface area contributed by atoms with E-state index in [9.17, 15) is 4.79 Å². The van der Waals surface area contributed by atoms with Crippen molar-refractivity contribution in [1.82, 2.24) is 19.7 Å². The number of anilines is 1. The van der Waals surface area contributed by atoms with Crippen LogP contribution in [0.1, 0.15) is 28.2 Å². The lowest BCUT2D eigenvalue weighted by atomic mass is 10.1. The Morgan fingerprint density at radius 2 is 2.08 bits per heavy atom. The van der Waals surface area contributed by atoms with Gasteiger partial charge in [-0.25, -0.2) is 4.98 Å². The molecule has 0 radical (unpaired) electrons. The number of aryl methyl sites for hydroxylation is 1. The number of hydrogen-bond acceptors (Lipinski definition) is 6. The smallest absolute Gasteiger partial charge is 0.274 e. The number of pyridine rings is 1. The Kier molecular flexibility index (Phi) is 5.52. The van der Waals surface area contributed by atoms with Crippen molar-refractivity contribution in [2.75, 3.05) is 12.4 Å². The molecule has 0 unspecified atom stereocenters. The van der Waals surface area contributed by atoms with Gasteiger partial charge in [-0.2, -0.15) is 0 Å². The lowest BCUT2D eigenvalue weighted by molar-refractivity contribution is 0.102. The maximum Gasteiger partial charge on any atom is 0.274 e. The number of hydrogen-bond donors (Lipinski definition) is 1. The molecule has 1 N–H and O–H groups in total. The summed E-state index contributed by atoms with van der Waals surface area (Å²) in [7, 11) is 3.43. The van der Waals surface area contributed by atoms with Gasteiger partial charge in [0.2, 0.25) is 5.88 Å². The van der Waals surface area contributed by atoms with Crippen molar-refractivity contribution in [1.29, 1.82) is 0 Å². The first-order valence-electron chi connectivity index (χ1n) is 8.00. The van der Waals surface area contributed by atoms with Crippen LogP contribution < -0.4 is 10.1 Å². The van der Waals surface area contributed by atoms with Crippen molar-refractivity contribution in [3.05, 3.63) is 60.0 Å². The molecule has 2 heterocycles. The first-order valence-corrected chi connectivity index (χ1v) is 8.88. The summed E-state index contributed by atoms with van der Waals surface area (Å²) in [4.78, 5) is 16.6. The van der Waals surface area contributed by atoms with E-state index in [0.29, 0.717) is 17.3 Å². The number of nitrogens with one attached hydrogen (secondary N) is 1. The maximum absolute atomic E-state index is 12.4. The Bertz CT molecular complexity index is 912. The highest BCUT2D eigenvalue weighted by Gasteiger charge is 2.13. The predicted octanol–water partition coefficient (Wildman–Crippen LogP) is 3.32. The van der Waals surface area contributed by atoms with Gasteiger partial charge in [0.05, 0.1) is 7.11 Å². The van der Waals surface area contributed by atoms with Crippen LogP contribution in [0.5, 0.6) is 5.88 Å². The molecule has 2 aromatic heterocycles. The number of benzene rings is 1. The number of methoxy groups -OCH3 is 1. The van der Waals surface area contributed by atoms with Crippen LogP contribution in [0.25, 0.3) is 0 Å². The Morgan fingerprint density at radius 1 is 1.27 bits per heavy atom. The molecule has 1 atom stereocenters. The standard InChI is InChI=1S/C18H19N5O2S/c1-12(26-18-22-19-11-23(18)2)13-6-4-7-14(10-13)20-17(24)15-8-5-9-16(21-15)25-3/h4-12H,1-3H3,(H,20,24)/t12-/m0/s1. The molecule has 0 aliphatic heterocycles. The van der Waals surface area contributed by atoms with Crippen molar-refractivity contribution in [2.24, 2.45) is 7.05 Å². The van der Waals surface area contributed by atoms with Crippen LogP contribution >= 0.6 is 11.8 Å². The van der Waals surface area contributed by atoms with E-state index in [1.54, 1.807) is 36.3 Å². The van der Waals surface area contributed by atoms with Crippen molar-refractivity contribution in [3.63, 3.8) is 0 Å². The fraction of sp³-hybridized carbons (Fsp3) is 0.222. The van der Waals surface area contributed by atoms with Gasteiger partial charge in [0.25, 0.3) is 5.91 Å². The second-order valence-corrected chi connectivity index (χ2v) is 6.94. The van der Waals surface area contributed by atoms with Gasteiger partial charge in [0.1, 0.15) is 12.0 Å². The summed E-state index contributed by atoms with van der Waals surface area (Å²) in [5, 5.41) is 11.9. The minimum absolute atomic E-state index is 0.157. The van der Waals surface area contributed by atoms with Gasteiger partial charge in [-0.05, 0) is 30.7 Å². The Morgan fingerprint density at radius 3 is 2.81 bits per heavy atom. The molecule has 134 valence electrons. The quantitative estimate of drug-likeness (QED) is 0.671. The molecule has 8 heteroatoms. The van der Waals surface area contributed by atoms with Crippen LogP contribution in [-0.2, 0) is 7.05 Å². The molecule has 3 aromatic rings. The highest BCUT2D eigenvalue weighted by atomic mass is 32.2. The molecule has 26 heavy (non-hydrogen) atoms. The fourth-order valence-corrected chi connectivity index (χ4v) is 3.23. The number of nitrogens with zero attached hydrogens (tertiary/aromatic N) is 4. The van der Waals surface area contributed by atoms with Crippen LogP contribution in [-0.4, -0.2) is 32.8 Å². The maximum atomic E-state index is 12.4. The lowest BCUT2D eigenvalue weighted by Crippen LogP contribution is -2.14. The molecule has 0 bridgehead atoms. The summed E-state index contributed by atoms with van der Waals surface area (Å²) < 4.78 is 6.93. The molecule has 0 aliphatic carbocycles. The van der Waals surface area contributed by atoms with Gasteiger partial charge in [-0.15, -0.1) is 10.2 Å². The molecule has 1 aromatic carbocycles. The molecule has 3 rings (SSSR count). The van der Waals surface area contributed by atoms with E-state index in [1.165, 1.54) is 7.11 Å². The van der Waals surface area contributed by atoms with E-state index < -0.39 is 0 Å². The topological polar surface area (TPSA) is 81.9 Å². The number of rotatable bonds is 6. The monoisotopic (exact) mass is 369 g/mol. The van der Waals surface area contributed by atoms with Gasteiger partial charge in [0, 0.05) is 24.1 Å². The van der Waals surface area contributed by atoms with E-state index in [0.717, 1.165) is 10.7 Å². The first-order chi connectivity index (χ1) is 12.6. The summed E-state index contributed by atoms with van der Waals surface area (Å²) in [5.74, 6) is 0.120. The zero-order chi connectivity index (χ0) is 18.5. The molecule has 0 aliphatic rings. The molecule has 0 saturated carbocycles. The van der Waals surface area contributed by atoms with E-state index in [-0.39, 0.29) is 11.2 Å². The third-order valence-electron chi connectivity index (χ3n) is 3.73. The second-order valence-electron chi connectivity index (χ2n) is 5.63. The van der Waals surface area contributed by atoms with Crippen molar-refractivity contribution in [2.45, 2.75) is 17.3 Å². The summed E-state index contributed by atoms with van der Waals surface area (Å²) in [5.41, 5.74) is 2.09. The number of carbonyl (C=O) groups is 1. The van der Waals surface area contributed by atoms with Crippen LogP contribution in [0.15, 0.2) is 53.9 Å². The van der Waals surface area contributed by atoms with Crippen molar-refractivity contribution in [3.8, 4) is 5.88 Å². The third kappa shape index (κ3) is 4.20. The minimum atomic E-state index is -0.283. The van der Waals surface area contributed by atoms with E-state index in [2.05, 4.69) is 27.4 Å². The van der Waals surface area contributed by atoms with Gasteiger partial charge in [0.15, 0.2) is 5.16 Å². The number of carbonyl (C=O) groups excluding carboxylic acids is 1. The second kappa shape index (κ2) is 8.01. The molecule has 0 fully saturated rings. The zero-order valence-corrected chi connectivity index (χ0v) is 15.5. The van der Waals surface area contributed by atoms with E-state index in [4.69, 9.17) is 4.74 Å². The Hall–Kier alpha value is -2.87. The van der Waals surface area contributed by atoms with Crippen LogP contribution in [0.2, 0.25) is 0 Å². The summed E-state index contributed by atoms with van der Waals surface area (Å²) in [6.45, 7) is 2.09. The molecule has 0 spiro atoms. The highest BCUT2D eigenvalue weighted by molar-refractivity contribution is 7.99. The fourth-order valence-electron chi connectivity index (χ4n) is 2.32. The summed E-state index contributed by atoms with van der Waals surface area (Å²) >= 11 is 1.61. The SMILES string of the molecule is COc1cccc(C(=O)Nc2cccc([C@H](C)Sc3nncn3C)c2)n1. The first kappa shape index (κ1) is 17.9. The number of ether oxygens (including phenoxy) is 1. The average molecular weight is 369 g/mol. The van der Waals surface area contributed by atoms with Crippen LogP contribution in [0, 0.1) is 0 Å². The Balaban J connectivity index is 1.72. The average Bonchev–Trinajstić information content (AvgIpc) is 3.06. The molecule has 7 nitrogen and oxygen atoms in total. The summed E-state index contributed by atoms with van der Waals surface area (Å²) in [6, 6.07) is 12.8. The zero-order valence-electron chi connectivity index (χ0n) is 14.7. The van der Waals surface area contributed by atoms with Crippen LogP contribution in [0.3, 0.4) is 0 Å². The molecule has 1 amide bonds. The number of amides is 1. The van der Waals surface area contributed by atoms with E-state index in [1.807, 2.05) is 35.9 Å². The van der Waals surface area contributed by atoms with Crippen LogP contribution in [0.4, 0.5) is 5.69 Å². The molecular weight excluding hydrogens is 350 g/mol. The normalized spacial score (nSPS) is 11.8. The van der Waals surface area contributed by atoms with Gasteiger partial charge in [-0.3, -0.25) is 4.79 Å². The van der Waals surface area contributed by atoms with Crippen molar-refractivity contribution >= 4 is 23.4 Å². The van der Waals surface area contributed by atoms with E-state index >= 15 is 0 Å². The lowest BCUT2D eigenvalue weighted by Gasteiger charge is -2.13. The predicted molar refractivity (Wildman–Crippen MR) is 100 cm³/mol. The van der Waals surface area contributed by atoms with Crippen molar-refractivity contribution < 1.29 is 9.53 Å². The number of thioether (sulfide) groups is 1. The largest absolute Gasteiger partial charge is 0.481 e. The molecule has 0 saturated heterocycles. The Labute approximate surface area is 155 Å². The summed E-state index contributed by atoms with van der Waals surface area (Å²) in [6.07, 6.45) is 1.67. The third-order valence-corrected chi connectivity index (χ3v) is 4.94. The molecular formula is C18H19N5O2S.